The summed E-state index contributed by atoms with van der Waals surface area (Å²) < 4.78 is 10.6. The lowest BCUT2D eigenvalue weighted by Gasteiger charge is -2.58. The van der Waals surface area contributed by atoms with E-state index in [9.17, 15) is 14.7 Å². The molecule has 0 radical (unpaired) electrons. The van der Waals surface area contributed by atoms with Crippen LogP contribution in [0.4, 0.5) is 0 Å². The van der Waals surface area contributed by atoms with Crippen molar-refractivity contribution < 1.29 is 24.2 Å². The summed E-state index contributed by atoms with van der Waals surface area (Å²) in [6, 6.07) is 0. The van der Waals surface area contributed by atoms with E-state index in [2.05, 4.69) is 0 Å². The second-order valence-electron chi connectivity index (χ2n) is 8.93. The molecule has 0 aromatic heterocycles. The second kappa shape index (κ2) is 6.32. The van der Waals surface area contributed by atoms with Gasteiger partial charge in [-0.15, -0.1) is 0 Å². The molecule has 2 unspecified atom stereocenters. The Labute approximate surface area is 144 Å². The van der Waals surface area contributed by atoms with Gasteiger partial charge in [0.2, 0.25) is 0 Å². The van der Waals surface area contributed by atoms with Crippen LogP contribution in [0.15, 0.2) is 0 Å². The Bertz CT molecular complexity index is 496. The van der Waals surface area contributed by atoms with Crippen LogP contribution in [-0.2, 0) is 19.1 Å². The molecule has 0 heterocycles. The molecule has 4 saturated carbocycles. The van der Waals surface area contributed by atoms with Gasteiger partial charge in [0.1, 0.15) is 0 Å². The number of aliphatic hydroxyl groups excluding tert-OH is 1. The molecule has 0 saturated heterocycles. The fraction of sp³-hybridized carbons (Fsp3) is 0.895. The minimum atomic E-state index is -0.573. The van der Waals surface area contributed by atoms with E-state index in [1.54, 1.807) is 13.8 Å². The standard InChI is InChI=1S/C19H30O5/c1-4-18(2,3)17(22)23-10-15(20)24-11-19-7-12-5-13(8-19)16(21)14(6-12)9-19/h12-14,16,21H,4-11H2,1-3H3. The SMILES string of the molecule is CCC(C)(C)C(=O)OCC(=O)OCC12CC3CC(C1)C(O)C(C3)C2. The van der Waals surface area contributed by atoms with Crippen LogP contribution in [0.3, 0.4) is 0 Å². The lowest BCUT2D eigenvalue weighted by Crippen LogP contribution is -2.55. The quantitative estimate of drug-likeness (QED) is 0.754. The Hall–Kier alpha value is -1.10. The van der Waals surface area contributed by atoms with Crippen molar-refractivity contribution in [2.45, 2.75) is 65.4 Å². The molecule has 0 aromatic rings. The summed E-state index contributed by atoms with van der Waals surface area (Å²) in [6.45, 7) is 5.62. The van der Waals surface area contributed by atoms with Gasteiger partial charge in [-0.05, 0) is 70.1 Å². The molecule has 1 N–H and O–H groups in total. The molecule has 0 aromatic carbocycles. The molecule has 4 rings (SSSR count). The highest BCUT2D eigenvalue weighted by Crippen LogP contribution is 2.60. The average molecular weight is 338 g/mol. The zero-order valence-electron chi connectivity index (χ0n) is 15.0. The van der Waals surface area contributed by atoms with Crippen molar-refractivity contribution >= 4 is 11.9 Å². The molecule has 5 heteroatoms. The summed E-state index contributed by atoms with van der Waals surface area (Å²) >= 11 is 0. The first kappa shape index (κ1) is 17.7. The molecule has 24 heavy (non-hydrogen) atoms. The molecule has 4 aliphatic rings. The maximum atomic E-state index is 12.0. The predicted molar refractivity (Wildman–Crippen MR) is 88.0 cm³/mol. The molecular formula is C19H30O5. The maximum Gasteiger partial charge on any atom is 0.344 e. The van der Waals surface area contributed by atoms with Gasteiger partial charge < -0.3 is 14.6 Å². The van der Waals surface area contributed by atoms with Gasteiger partial charge in [0, 0.05) is 5.41 Å². The van der Waals surface area contributed by atoms with Crippen molar-refractivity contribution in [1.29, 1.82) is 0 Å². The molecule has 2 atom stereocenters. The topological polar surface area (TPSA) is 72.8 Å². The monoisotopic (exact) mass is 338 g/mol. The van der Waals surface area contributed by atoms with Gasteiger partial charge in [-0.1, -0.05) is 6.92 Å². The van der Waals surface area contributed by atoms with Gasteiger partial charge in [0.05, 0.1) is 18.1 Å². The molecule has 136 valence electrons. The first-order chi connectivity index (χ1) is 11.2. The molecule has 5 nitrogen and oxygen atoms in total. The molecule has 4 bridgehead atoms. The van der Waals surface area contributed by atoms with Crippen LogP contribution in [-0.4, -0.2) is 36.4 Å². The summed E-state index contributed by atoms with van der Waals surface area (Å²) in [7, 11) is 0. The fourth-order valence-electron chi connectivity index (χ4n) is 5.08. The van der Waals surface area contributed by atoms with Gasteiger partial charge in [-0.25, -0.2) is 4.79 Å². The summed E-state index contributed by atoms with van der Waals surface area (Å²) in [4.78, 5) is 23.9. The van der Waals surface area contributed by atoms with Gasteiger partial charge >= 0.3 is 11.9 Å². The van der Waals surface area contributed by atoms with E-state index in [4.69, 9.17) is 9.47 Å². The van der Waals surface area contributed by atoms with Gasteiger partial charge in [-0.3, -0.25) is 4.79 Å². The highest BCUT2D eigenvalue weighted by atomic mass is 16.6. The molecule has 0 aliphatic heterocycles. The third-order valence-corrected chi connectivity index (χ3v) is 6.65. The number of hydrogen-bond donors (Lipinski definition) is 1. The molecule has 4 fully saturated rings. The van der Waals surface area contributed by atoms with Crippen LogP contribution in [0.5, 0.6) is 0 Å². The summed E-state index contributed by atoms with van der Waals surface area (Å²) in [6.07, 6.45) is 5.75. The zero-order chi connectivity index (χ0) is 17.5. The van der Waals surface area contributed by atoms with Crippen LogP contribution in [0.2, 0.25) is 0 Å². The van der Waals surface area contributed by atoms with Crippen molar-refractivity contribution in [3.05, 3.63) is 0 Å². The Balaban J connectivity index is 1.48. The normalized spacial score (nSPS) is 37.3. The van der Waals surface area contributed by atoms with E-state index >= 15 is 0 Å². The smallest absolute Gasteiger partial charge is 0.344 e. The average Bonchev–Trinajstić information content (AvgIpc) is 2.54. The van der Waals surface area contributed by atoms with E-state index in [0.29, 0.717) is 30.8 Å². The van der Waals surface area contributed by atoms with Crippen LogP contribution < -0.4 is 0 Å². The van der Waals surface area contributed by atoms with E-state index in [0.717, 1.165) is 32.1 Å². The van der Waals surface area contributed by atoms with Gasteiger partial charge in [0.15, 0.2) is 6.61 Å². The Kier molecular flexibility index (Phi) is 4.67. The van der Waals surface area contributed by atoms with Crippen molar-refractivity contribution in [3.8, 4) is 0 Å². The third kappa shape index (κ3) is 3.32. The molecule has 4 aliphatic carbocycles. The van der Waals surface area contributed by atoms with Crippen LogP contribution in [0, 0.1) is 28.6 Å². The molecule has 0 spiro atoms. The highest BCUT2D eigenvalue weighted by Gasteiger charge is 2.55. The highest BCUT2D eigenvalue weighted by molar-refractivity contribution is 5.79. The summed E-state index contributed by atoms with van der Waals surface area (Å²) in [5.41, 5.74) is -0.533. The number of ether oxygens (including phenoxy) is 2. The van der Waals surface area contributed by atoms with Crippen molar-refractivity contribution in [2.24, 2.45) is 28.6 Å². The summed E-state index contributed by atoms with van der Waals surface area (Å²) in [5, 5.41) is 10.3. The summed E-state index contributed by atoms with van der Waals surface area (Å²) in [5.74, 6) is 0.593. The molecule has 0 amide bonds. The Morgan fingerprint density at radius 2 is 1.75 bits per heavy atom. The van der Waals surface area contributed by atoms with Crippen LogP contribution in [0.25, 0.3) is 0 Å². The number of carbonyl (C=O) groups excluding carboxylic acids is 2. The van der Waals surface area contributed by atoms with Crippen molar-refractivity contribution in [1.82, 2.24) is 0 Å². The number of hydrogen-bond acceptors (Lipinski definition) is 5. The predicted octanol–water partition coefficient (Wildman–Crippen LogP) is 2.70. The number of carbonyl (C=O) groups is 2. The third-order valence-electron chi connectivity index (χ3n) is 6.65. The Morgan fingerprint density at radius 1 is 1.12 bits per heavy atom. The number of esters is 2. The van der Waals surface area contributed by atoms with E-state index in [1.807, 2.05) is 6.92 Å². The first-order valence-electron chi connectivity index (χ1n) is 9.25. The lowest BCUT2D eigenvalue weighted by atomic mass is 9.49. The first-order valence-corrected chi connectivity index (χ1v) is 9.25. The van der Waals surface area contributed by atoms with Crippen LogP contribution >= 0.6 is 0 Å². The van der Waals surface area contributed by atoms with Gasteiger partial charge in [-0.2, -0.15) is 0 Å². The second-order valence-corrected chi connectivity index (χ2v) is 8.93. The van der Waals surface area contributed by atoms with Crippen molar-refractivity contribution in [2.75, 3.05) is 13.2 Å². The van der Waals surface area contributed by atoms with Crippen molar-refractivity contribution in [3.63, 3.8) is 0 Å². The molecular weight excluding hydrogens is 308 g/mol. The lowest BCUT2D eigenvalue weighted by molar-refractivity contribution is -0.177. The number of aliphatic hydroxyl groups is 1. The number of rotatable bonds is 6. The minimum absolute atomic E-state index is 0.0398. The maximum absolute atomic E-state index is 12.0. The zero-order valence-corrected chi connectivity index (χ0v) is 15.0. The fourth-order valence-corrected chi connectivity index (χ4v) is 5.08. The van der Waals surface area contributed by atoms with E-state index < -0.39 is 11.4 Å². The van der Waals surface area contributed by atoms with E-state index in [-0.39, 0.29) is 24.1 Å². The van der Waals surface area contributed by atoms with E-state index in [1.165, 1.54) is 0 Å². The Morgan fingerprint density at radius 3 is 2.33 bits per heavy atom. The van der Waals surface area contributed by atoms with Gasteiger partial charge in [0.25, 0.3) is 0 Å². The minimum Gasteiger partial charge on any atom is -0.463 e. The largest absolute Gasteiger partial charge is 0.463 e. The van der Waals surface area contributed by atoms with Crippen LogP contribution in [0.1, 0.15) is 59.3 Å².